The van der Waals surface area contributed by atoms with E-state index in [-0.39, 0.29) is 6.04 Å². The Morgan fingerprint density at radius 1 is 1.32 bits per heavy atom. The summed E-state index contributed by atoms with van der Waals surface area (Å²) in [5.74, 6) is 0.895. The van der Waals surface area contributed by atoms with Gasteiger partial charge in [-0.1, -0.05) is 18.2 Å². The molecule has 1 aromatic carbocycles. The van der Waals surface area contributed by atoms with E-state index >= 15 is 0 Å². The Bertz CT molecular complexity index is 499. The first-order chi connectivity index (χ1) is 9.24. The first-order valence-electron chi connectivity index (χ1n) is 6.31. The van der Waals surface area contributed by atoms with Gasteiger partial charge in [-0.25, -0.2) is 0 Å². The second-order valence-corrected chi connectivity index (χ2v) is 5.51. The Kier molecular flexibility index (Phi) is 4.96. The summed E-state index contributed by atoms with van der Waals surface area (Å²) in [7, 11) is 3.80. The van der Waals surface area contributed by atoms with E-state index in [0.717, 1.165) is 12.3 Å². The van der Waals surface area contributed by atoms with Gasteiger partial charge in [-0.3, -0.25) is 4.90 Å². The summed E-state index contributed by atoms with van der Waals surface area (Å²) in [4.78, 5) is 3.59. The van der Waals surface area contributed by atoms with Crippen molar-refractivity contribution in [3.8, 4) is 5.75 Å². The molecule has 1 aromatic heterocycles. The Morgan fingerprint density at radius 2 is 2.16 bits per heavy atom. The summed E-state index contributed by atoms with van der Waals surface area (Å²) in [6.07, 6.45) is 0. The van der Waals surface area contributed by atoms with Gasteiger partial charge in [-0.2, -0.15) is 0 Å². The highest BCUT2D eigenvalue weighted by Crippen LogP contribution is 2.25. The molecule has 0 radical (unpaired) electrons. The van der Waals surface area contributed by atoms with Crippen molar-refractivity contribution in [2.24, 2.45) is 5.73 Å². The number of hydrogen-bond acceptors (Lipinski definition) is 4. The summed E-state index contributed by atoms with van der Waals surface area (Å²) in [5, 5.41) is 2.09. The number of thiophene rings is 1. The summed E-state index contributed by atoms with van der Waals surface area (Å²) < 4.78 is 5.25. The molecule has 2 rings (SSSR count). The maximum absolute atomic E-state index is 5.91. The third-order valence-corrected chi connectivity index (χ3v) is 4.17. The highest BCUT2D eigenvalue weighted by molar-refractivity contribution is 7.10. The molecule has 0 spiro atoms. The predicted molar refractivity (Wildman–Crippen MR) is 80.6 cm³/mol. The van der Waals surface area contributed by atoms with Crippen LogP contribution in [0.1, 0.15) is 16.5 Å². The largest absolute Gasteiger partial charge is 0.497 e. The third kappa shape index (κ3) is 3.56. The number of benzene rings is 1. The van der Waals surface area contributed by atoms with E-state index in [0.29, 0.717) is 6.54 Å². The van der Waals surface area contributed by atoms with Crippen molar-refractivity contribution in [2.75, 3.05) is 20.7 Å². The normalized spacial score (nSPS) is 12.6. The number of nitrogens with zero attached hydrogens (tertiary/aromatic N) is 1. The van der Waals surface area contributed by atoms with Crippen molar-refractivity contribution >= 4 is 11.3 Å². The molecular weight excluding hydrogens is 256 g/mol. The standard InChI is InChI=1S/C15H20N2OS/c1-17(14(10-16)15-7-4-8-19-15)11-12-5-3-6-13(9-12)18-2/h3-9,14H,10-11,16H2,1-2H3. The number of rotatable bonds is 6. The van der Waals surface area contributed by atoms with Crippen LogP contribution >= 0.6 is 11.3 Å². The van der Waals surface area contributed by atoms with Crippen molar-refractivity contribution in [1.29, 1.82) is 0 Å². The second kappa shape index (κ2) is 6.70. The highest BCUT2D eigenvalue weighted by atomic mass is 32.1. The van der Waals surface area contributed by atoms with Gasteiger partial charge in [0, 0.05) is 18.0 Å². The highest BCUT2D eigenvalue weighted by Gasteiger charge is 2.16. The van der Waals surface area contributed by atoms with Crippen LogP contribution in [0, 0.1) is 0 Å². The topological polar surface area (TPSA) is 38.5 Å². The SMILES string of the molecule is COc1cccc(CN(C)C(CN)c2cccs2)c1. The zero-order chi connectivity index (χ0) is 13.7. The molecule has 0 aliphatic rings. The smallest absolute Gasteiger partial charge is 0.119 e. The van der Waals surface area contributed by atoms with Gasteiger partial charge in [0.1, 0.15) is 5.75 Å². The van der Waals surface area contributed by atoms with E-state index < -0.39 is 0 Å². The molecule has 1 atom stereocenters. The predicted octanol–water partition coefficient (Wildman–Crippen LogP) is 2.89. The van der Waals surface area contributed by atoms with Gasteiger partial charge in [0.05, 0.1) is 13.2 Å². The van der Waals surface area contributed by atoms with Crippen LogP contribution in [0.15, 0.2) is 41.8 Å². The summed E-state index contributed by atoms with van der Waals surface area (Å²) in [5.41, 5.74) is 7.15. The molecule has 102 valence electrons. The average molecular weight is 276 g/mol. The van der Waals surface area contributed by atoms with Crippen molar-refractivity contribution in [3.05, 3.63) is 52.2 Å². The summed E-state index contributed by atoms with van der Waals surface area (Å²) in [6.45, 7) is 1.48. The first-order valence-corrected chi connectivity index (χ1v) is 7.19. The van der Waals surface area contributed by atoms with E-state index in [1.54, 1.807) is 18.4 Å². The second-order valence-electron chi connectivity index (χ2n) is 4.53. The summed E-state index contributed by atoms with van der Waals surface area (Å²) >= 11 is 1.76. The van der Waals surface area contributed by atoms with Crippen molar-refractivity contribution < 1.29 is 4.74 Å². The van der Waals surface area contributed by atoms with Crippen LogP contribution in [0.25, 0.3) is 0 Å². The van der Waals surface area contributed by atoms with E-state index in [1.807, 2.05) is 12.1 Å². The average Bonchev–Trinajstić information content (AvgIpc) is 2.93. The number of ether oxygens (including phenoxy) is 1. The van der Waals surface area contributed by atoms with E-state index in [2.05, 4.69) is 41.6 Å². The molecule has 0 saturated carbocycles. The lowest BCUT2D eigenvalue weighted by atomic mass is 10.1. The van der Waals surface area contributed by atoms with Crippen LogP contribution in [0.3, 0.4) is 0 Å². The molecule has 0 aliphatic carbocycles. The lowest BCUT2D eigenvalue weighted by Crippen LogP contribution is -2.29. The molecule has 1 heterocycles. The molecule has 0 bridgehead atoms. The molecular formula is C15H20N2OS. The molecule has 2 aromatic rings. The van der Waals surface area contributed by atoms with Crippen LogP contribution in [0.5, 0.6) is 5.75 Å². The van der Waals surface area contributed by atoms with Crippen molar-refractivity contribution in [2.45, 2.75) is 12.6 Å². The lowest BCUT2D eigenvalue weighted by molar-refractivity contribution is 0.245. The quantitative estimate of drug-likeness (QED) is 0.881. The van der Waals surface area contributed by atoms with Gasteiger partial charge in [0.25, 0.3) is 0 Å². The number of likely N-dealkylation sites (N-methyl/N-ethyl adjacent to an activating group) is 1. The van der Waals surface area contributed by atoms with Crippen LogP contribution in [0.2, 0.25) is 0 Å². The van der Waals surface area contributed by atoms with Gasteiger partial charge in [0.2, 0.25) is 0 Å². The van der Waals surface area contributed by atoms with Crippen molar-refractivity contribution in [1.82, 2.24) is 4.90 Å². The van der Waals surface area contributed by atoms with E-state index in [1.165, 1.54) is 10.4 Å². The van der Waals surface area contributed by atoms with Gasteiger partial charge >= 0.3 is 0 Å². The Hall–Kier alpha value is -1.36. The zero-order valence-corrected chi connectivity index (χ0v) is 12.2. The Balaban J connectivity index is 2.08. The maximum Gasteiger partial charge on any atom is 0.119 e. The fourth-order valence-corrected chi connectivity index (χ4v) is 3.07. The van der Waals surface area contributed by atoms with Crippen LogP contribution in [-0.4, -0.2) is 25.6 Å². The van der Waals surface area contributed by atoms with E-state index in [9.17, 15) is 0 Å². The molecule has 0 aliphatic heterocycles. The van der Waals surface area contributed by atoms with Crippen molar-refractivity contribution in [3.63, 3.8) is 0 Å². The maximum atomic E-state index is 5.91. The summed E-state index contributed by atoms with van der Waals surface area (Å²) in [6, 6.07) is 12.6. The molecule has 0 fully saturated rings. The van der Waals surface area contributed by atoms with Gasteiger partial charge in [0.15, 0.2) is 0 Å². The van der Waals surface area contributed by atoms with E-state index in [4.69, 9.17) is 10.5 Å². The van der Waals surface area contributed by atoms with Crippen LogP contribution in [0.4, 0.5) is 0 Å². The minimum absolute atomic E-state index is 0.270. The molecule has 0 saturated heterocycles. The fourth-order valence-electron chi connectivity index (χ4n) is 2.16. The lowest BCUT2D eigenvalue weighted by Gasteiger charge is -2.26. The first kappa shape index (κ1) is 14.1. The van der Waals surface area contributed by atoms with Gasteiger partial charge in [-0.05, 0) is 36.2 Å². The van der Waals surface area contributed by atoms with Crippen LogP contribution in [-0.2, 0) is 6.54 Å². The molecule has 0 amide bonds. The Labute approximate surface area is 118 Å². The van der Waals surface area contributed by atoms with Crippen LogP contribution < -0.4 is 10.5 Å². The molecule has 4 heteroatoms. The number of nitrogens with two attached hydrogens (primary N) is 1. The minimum atomic E-state index is 0.270. The Morgan fingerprint density at radius 3 is 2.79 bits per heavy atom. The minimum Gasteiger partial charge on any atom is -0.497 e. The molecule has 3 nitrogen and oxygen atoms in total. The zero-order valence-electron chi connectivity index (χ0n) is 11.4. The molecule has 19 heavy (non-hydrogen) atoms. The molecule has 2 N–H and O–H groups in total. The monoisotopic (exact) mass is 276 g/mol. The number of methoxy groups -OCH3 is 1. The number of hydrogen-bond donors (Lipinski definition) is 1. The molecule has 1 unspecified atom stereocenters. The van der Waals surface area contributed by atoms with Gasteiger partial charge < -0.3 is 10.5 Å². The fraction of sp³-hybridized carbons (Fsp3) is 0.333. The third-order valence-electron chi connectivity index (χ3n) is 3.19. The van der Waals surface area contributed by atoms with Gasteiger partial charge in [-0.15, -0.1) is 11.3 Å².